The minimum absolute atomic E-state index is 0.662. The van der Waals surface area contributed by atoms with Crippen LogP contribution < -0.4 is 0 Å². The molecule has 0 atom stereocenters. The second-order valence-electron chi connectivity index (χ2n) is 4.21. The summed E-state index contributed by atoms with van der Waals surface area (Å²) in [5.41, 5.74) is 0. The molecule has 0 radical (unpaired) electrons. The van der Waals surface area contributed by atoms with Gasteiger partial charge in [0.25, 0.3) is 0 Å². The first kappa shape index (κ1) is 14.1. The van der Waals surface area contributed by atoms with Crippen molar-refractivity contribution in [2.24, 2.45) is 0 Å². The van der Waals surface area contributed by atoms with Crippen LogP contribution in [0.1, 0.15) is 39.5 Å². The van der Waals surface area contributed by atoms with Crippen molar-refractivity contribution in [2.45, 2.75) is 49.2 Å². The fraction of sp³-hybridized carbons (Fsp3) is 0.500. The van der Waals surface area contributed by atoms with Gasteiger partial charge in [-0.05, 0) is 25.0 Å². The molecule has 0 unspecified atom stereocenters. The molecule has 2 nitrogen and oxygen atoms in total. The maximum atomic E-state index is 11.6. The number of carbonyl (C=O) groups is 1. The number of rotatable bonds is 7. The molecular weight excluding hydrogens is 232 g/mol. The Hall–Kier alpha value is -0.960. The second kappa shape index (κ2) is 6.70. The van der Waals surface area contributed by atoms with Gasteiger partial charge in [0.1, 0.15) is 4.75 Å². The molecule has 0 saturated carbocycles. The predicted octanol–water partition coefficient (Wildman–Crippen LogP) is 4.20. The summed E-state index contributed by atoms with van der Waals surface area (Å²) in [6.07, 6.45) is 3.23. The smallest absolute Gasteiger partial charge is 0.320 e. The van der Waals surface area contributed by atoms with Crippen LogP contribution in [0.4, 0.5) is 0 Å². The van der Waals surface area contributed by atoms with Gasteiger partial charge in [-0.25, -0.2) is 0 Å². The van der Waals surface area contributed by atoms with Gasteiger partial charge in [-0.1, -0.05) is 44.9 Å². The summed E-state index contributed by atoms with van der Waals surface area (Å²) in [6, 6.07) is 9.81. The second-order valence-corrected chi connectivity index (χ2v) is 5.67. The van der Waals surface area contributed by atoms with Crippen molar-refractivity contribution < 1.29 is 9.90 Å². The normalized spacial score (nSPS) is 11.4. The average molecular weight is 252 g/mol. The Kier molecular flexibility index (Phi) is 5.56. The van der Waals surface area contributed by atoms with Gasteiger partial charge in [-0.2, -0.15) is 0 Å². The maximum Gasteiger partial charge on any atom is 0.320 e. The highest BCUT2D eigenvalue weighted by Gasteiger charge is 2.37. The quantitative estimate of drug-likeness (QED) is 0.739. The summed E-state index contributed by atoms with van der Waals surface area (Å²) in [4.78, 5) is 12.6. The lowest BCUT2D eigenvalue weighted by Gasteiger charge is -2.28. The van der Waals surface area contributed by atoms with Crippen LogP contribution in [0.25, 0.3) is 0 Å². The molecule has 0 saturated heterocycles. The molecule has 94 valence electrons. The number of thioether (sulfide) groups is 1. The Balaban J connectivity index is 2.92. The average Bonchev–Trinajstić information content (AvgIpc) is 2.30. The van der Waals surface area contributed by atoms with E-state index in [1.54, 1.807) is 0 Å². The molecule has 0 heterocycles. The standard InChI is InChI=1S/C14H20O2S/c1-3-10-14(11-4-2,13(15)16)17-12-8-6-5-7-9-12/h5-9H,3-4,10-11H2,1-2H3,(H,15,16). The van der Waals surface area contributed by atoms with Crippen molar-refractivity contribution in [1.29, 1.82) is 0 Å². The number of hydrogen-bond donors (Lipinski definition) is 1. The van der Waals surface area contributed by atoms with Crippen LogP contribution in [0.2, 0.25) is 0 Å². The lowest BCUT2D eigenvalue weighted by molar-refractivity contribution is -0.140. The van der Waals surface area contributed by atoms with E-state index in [1.165, 1.54) is 11.8 Å². The summed E-state index contributed by atoms with van der Waals surface area (Å²) in [6.45, 7) is 4.08. The topological polar surface area (TPSA) is 37.3 Å². The van der Waals surface area contributed by atoms with Crippen molar-refractivity contribution in [3.63, 3.8) is 0 Å². The zero-order chi connectivity index (χ0) is 12.7. The minimum Gasteiger partial charge on any atom is -0.480 e. The van der Waals surface area contributed by atoms with Crippen molar-refractivity contribution >= 4 is 17.7 Å². The van der Waals surface area contributed by atoms with Crippen LogP contribution in [0.15, 0.2) is 35.2 Å². The summed E-state index contributed by atoms with van der Waals surface area (Å²) in [5.74, 6) is -0.685. The van der Waals surface area contributed by atoms with Gasteiger partial charge in [-0.3, -0.25) is 4.79 Å². The van der Waals surface area contributed by atoms with E-state index in [4.69, 9.17) is 0 Å². The van der Waals surface area contributed by atoms with Crippen molar-refractivity contribution in [3.05, 3.63) is 30.3 Å². The van der Waals surface area contributed by atoms with Gasteiger partial charge in [-0.15, -0.1) is 11.8 Å². The van der Waals surface area contributed by atoms with Crippen LogP contribution in [0.3, 0.4) is 0 Å². The number of benzene rings is 1. The molecule has 0 spiro atoms. The molecule has 0 aliphatic heterocycles. The van der Waals surface area contributed by atoms with E-state index in [0.29, 0.717) is 0 Å². The number of hydrogen-bond acceptors (Lipinski definition) is 2. The van der Waals surface area contributed by atoms with Gasteiger partial charge >= 0.3 is 5.97 Å². The molecule has 1 aromatic rings. The number of carboxylic acids is 1. The lowest BCUT2D eigenvalue weighted by atomic mass is 9.97. The van der Waals surface area contributed by atoms with E-state index in [0.717, 1.165) is 30.6 Å². The Morgan fingerprint density at radius 3 is 2.12 bits per heavy atom. The number of aliphatic carboxylic acids is 1. The molecule has 3 heteroatoms. The molecule has 0 amide bonds. The predicted molar refractivity (Wildman–Crippen MR) is 72.5 cm³/mol. The molecule has 0 bridgehead atoms. The molecule has 0 fully saturated rings. The lowest BCUT2D eigenvalue weighted by Crippen LogP contribution is -2.34. The highest BCUT2D eigenvalue weighted by Crippen LogP contribution is 2.40. The third-order valence-corrected chi connectivity index (χ3v) is 4.24. The van der Waals surface area contributed by atoms with Crippen LogP contribution in [-0.2, 0) is 4.79 Å². The van der Waals surface area contributed by atoms with Crippen molar-refractivity contribution in [1.82, 2.24) is 0 Å². The van der Waals surface area contributed by atoms with E-state index in [-0.39, 0.29) is 0 Å². The summed E-state index contributed by atoms with van der Waals surface area (Å²) >= 11 is 1.49. The Morgan fingerprint density at radius 2 is 1.71 bits per heavy atom. The minimum atomic E-state index is -0.685. The van der Waals surface area contributed by atoms with Gasteiger partial charge < -0.3 is 5.11 Å². The molecular formula is C14H20O2S. The monoisotopic (exact) mass is 252 g/mol. The molecule has 0 aliphatic rings. The van der Waals surface area contributed by atoms with E-state index >= 15 is 0 Å². The fourth-order valence-corrected chi connectivity index (χ4v) is 3.45. The van der Waals surface area contributed by atoms with Gasteiger partial charge in [0.15, 0.2) is 0 Å². The van der Waals surface area contributed by atoms with Gasteiger partial charge in [0.2, 0.25) is 0 Å². The van der Waals surface area contributed by atoms with Crippen LogP contribution >= 0.6 is 11.8 Å². The third kappa shape index (κ3) is 3.77. The summed E-state index contributed by atoms with van der Waals surface area (Å²) in [7, 11) is 0. The zero-order valence-electron chi connectivity index (χ0n) is 10.5. The third-order valence-electron chi connectivity index (χ3n) is 2.75. The summed E-state index contributed by atoms with van der Waals surface area (Å²) in [5, 5.41) is 9.53. The Labute approximate surface area is 107 Å². The largest absolute Gasteiger partial charge is 0.480 e. The van der Waals surface area contributed by atoms with E-state index < -0.39 is 10.7 Å². The van der Waals surface area contributed by atoms with Crippen LogP contribution in [0.5, 0.6) is 0 Å². The maximum absolute atomic E-state index is 11.6. The fourth-order valence-electron chi connectivity index (χ4n) is 2.01. The molecule has 17 heavy (non-hydrogen) atoms. The molecule has 0 aromatic heterocycles. The Morgan fingerprint density at radius 1 is 1.18 bits per heavy atom. The van der Waals surface area contributed by atoms with Crippen LogP contribution in [-0.4, -0.2) is 15.8 Å². The first-order valence-corrected chi connectivity index (χ1v) is 6.93. The van der Waals surface area contributed by atoms with Gasteiger partial charge in [0, 0.05) is 4.90 Å². The van der Waals surface area contributed by atoms with Crippen molar-refractivity contribution in [2.75, 3.05) is 0 Å². The number of carboxylic acid groups (broad SMARTS) is 1. The molecule has 1 rings (SSSR count). The van der Waals surface area contributed by atoms with E-state index in [1.807, 2.05) is 44.2 Å². The Bertz CT molecular complexity index is 342. The highest BCUT2D eigenvalue weighted by atomic mass is 32.2. The highest BCUT2D eigenvalue weighted by molar-refractivity contribution is 8.01. The molecule has 0 aliphatic carbocycles. The SMILES string of the molecule is CCCC(CCC)(Sc1ccccc1)C(=O)O. The first-order valence-electron chi connectivity index (χ1n) is 6.12. The molecule has 1 N–H and O–H groups in total. The van der Waals surface area contributed by atoms with E-state index in [2.05, 4.69) is 0 Å². The van der Waals surface area contributed by atoms with Crippen molar-refractivity contribution in [3.8, 4) is 0 Å². The van der Waals surface area contributed by atoms with E-state index in [9.17, 15) is 9.90 Å². The summed E-state index contributed by atoms with van der Waals surface area (Å²) < 4.78 is -0.662. The zero-order valence-corrected chi connectivity index (χ0v) is 11.3. The van der Waals surface area contributed by atoms with Gasteiger partial charge in [0.05, 0.1) is 0 Å². The van der Waals surface area contributed by atoms with Crippen LogP contribution in [0, 0.1) is 0 Å². The first-order chi connectivity index (χ1) is 8.14. The molecule has 1 aromatic carbocycles.